The topological polar surface area (TPSA) is 29.3 Å². The number of benzene rings is 2. The second kappa shape index (κ2) is 8.16. The Hall–Kier alpha value is -1.80. The van der Waals surface area contributed by atoms with Crippen molar-refractivity contribution < 1.29 is 0 Å². The molecule has 0 amide bonds. The Balaban J connectivity index is 2.23. The highest BCUT2D eigenvalue weighted by Crippen LogP contribution is 2.26. The van der Waals surface area contributed by atoms with Gasteiger partial charge in [-0.3, -0.25) is 0 Å². The first-order valence-corrected chi connectivity index (χ1v) is 8.77. The molecule has 124 valence electrons. The van der Waals surface area contributed by atoms with Crippen molar-refractivity contribution in [3.8, 4) is 0 Å². The van der Waals surface area contributed by atoms with Gasteiger partial charge >= 0.3 is 0 Å². The normalized spacial score (nSPS) is 15.0. The molecular formula is C21H30N2. The van der Waals surface area contributed by atoms with Gasteiger partial charge in [-0.25, -0.2) is 0 Å². The average molecular weight is 310 g/mol. The lowest BCUT2D eigenvalue weighted by atomic mass is 9.99. The van der Waals surface area contributed by atoms with Crippen molar-refractivity contribution in [1.82, 2.24) is 0 Å². The van der Waals surface area contributed by atoms with Gasteiger partial charge in [0.05, 0.1) is 6.04 Å². The van der Waals surface area contributed by atoms with E-state index in [1.165, 1.54) is 5.69 Å². The number of nitrogens with zero attached hydrogens (tertiary/aromatic N) is 1. The molecule has 0 heterocycles. The van der Waals surface area contributed by atoms with Gasteiger partial charge in [0.1, 0.15) is 0 Å². The van der Waals surface area contributed by atoms with Crippen molar-refractivity contribution in [2.75, 3.05) is 4.90 Å². The molecule has 23 heavy (non-hydrogen) atoms. The molecule has 2 heteroatoms. The summed E-state index contributed by atoms with van der Waals surface area (Å²) in [6.45, 7) is 9.10. The lowest BCUT2D eigenvalue weighted by Gasteiger charge is -2.36. The Bertz CT molecular complexity index is 567. The van der Waals surface area contributed by atoms with Crippen LogP contribution in [0.4, 0.5) is 5.69 Å². The third-order valence-corrected chi connectivity index (χ3v) is 4.84. The molecule has 0 saturated heterocycles. The molecule has 0 aliphatic rings. The van der Waals surface area contributed by atoms with Crippen LogP contribution in [0.15, 0.2) is 54.6 Å². The maximum absolute atomic E-state index is 6.40. The fourth-order valence-corrected chi connectivity index (χ4v) is 3.04. The zero-order chi connectivity index (χ0) is 16.8. The first-order chi connectivity index (χ1) is 11.1. The van der Waals surface area contributed by atoms with Crippen LogP contribution in [0.25, 0.3) is 0 Å². The van der Waals surface area contributed by atoms with E-state index in [9.17, 15) is 0 Å². The Morgan fingerprint density at radius 1 is 0.783 bits per heavy atom. The van der Waals surface area contributed by atoms with E-state index in [0.717, 1.165) is 24.0 Å². The molecule has 0 aliphatic heterocycles. The maximum Gasteiger partial charge on any atom is 0.0551 e. The molecule has 0 fully saturated rings. The zero-order valence-electron chi connectivity index (χ0n) is 14.9. The molecule has 0 aromatic heterocycles. The summed E-state index contributed by atoms with van der Waals surface area (Å²) in [5, 5.41) is 0. The standard InChI is InChI=1S/C21H30N2/c1-5-16(3)23(17(4)6-2)20-14-12-19(13-15-20)21(22)18-10-8-7-9-11-18/h7-17,21H,5-6,22H2,1-4H3. The summed E-state index contributed by atoms with van der Waals surface area (Å²) >= 11 is 0. The van der Waals surface area contributed by atoms with Crippen LogP contribution in [0.2, 0.25) is 0 Å². The molecule has 2 aromatic carbocycles. The minimum atomic E-state index is -0.0640. The van der Waals surface area contributed by atoms with Gasteiger partial charge in [0, 0.05) is 17.8 Å². The molecule has 3 atom stereocenters. The SMILES string of the molecule is CCC(C)N(c1ccc(C(N)c2ccccc2)cc1)C(C)CC. The van der Waals surface area contributed by atoms with E-state index in [-0.39, 0.29) is 6.04 Å². The van der Waals surface area contributed by atoms with Gasteiger partial charge < -0.3 is 10.6 Å². The first kappa shape index (κ1) is 17.6. The third kappa shape index (κ3) is 4.14. The van der Waals surface area contributed by atoms with Crippen molar-refractivity contribution in [2.45, 2.75) is 58.7 Å². The lowest BCUT2D eigenvalue weighted by molar-refractivity contribution is 0.527. The van der Waals surface area contributed by atoms with Crippen LogP contribution in [0.5, 0.6) is 0 Å². The molecule has 2 rings (SSSR count). The molecule has 2 aromatic rings. The van der Waals surface area contributed by atoms with E-state index in [1.807, 2.05) is 18.2 Å². The monoisotopic (exact) mass is 310 g/mol. The number of hydrogen-bond acceptors (Lipinski definition) is 2. The number of rotatable bonds is 7. The van der Waals surface area contributed by atoms with Crippen LogP contribution in [0, 0.1) is 0 Å². The smallest absolute Gasteiger partial charge is 0.0551 e. The minimum Gasteiger partial charge on any atom is -0.366 e. The van der Waals surface area contributed by atoms with Crippen LogP contribution in [-0.4, -0.2) is 12.1 Å². The molecule has 3 unspecified atom stereocenters. The van der Waals surface area contributed by atoms with E-state index < -0.39 is 0 Å². The summed E-state index contributed by atoms with van der Waals surface area (Å²) in [7, 11) is 0. The Morgan fingerprint density at radius 3 is 1.74 bits per heavy atom. The van der Waals surface area contributed by atoms with Crippen LogP contribution in [0.3, 0.4) is 0 Å². The summed E-state index contributed by atoms with van der Waals surface area (Å²) in [6, 6.07) is 20.1. The molecule has 2 nitrogen and oxygen atoms in total. The summed E-state index contributed by atoms with van der Waals surface area (Å²) < 4.78 is 0. The van der Waals surface area contributed by atoms with Gasteiger partial charge in [0.2, 0.25) is 0 Å². The van der Waals surface area contributed by atoms with E-state index in [0.29, 0.717) is 12.1 Å². The second-order valence-corrected chi connectivity index (χ2v) is 6.40. The molecule has 0 aliphatic carbocycles. The summed E-state index contributed by atoms with van der Waals surface area (Å²) in [5.41, 5.74) is 10.0. The third-order valence-electron chi connectivity index (χ3n) is 4.84. The van der Waals surface area contributed by atoms with E-state index >= 15 is 0 Å². The minimum absolute atomic E-state index is 0.0640. The van der Waals surface area contributed by atoms with Crippen LogP contribution in [-0.2, 0) is 0 Å². The van der Waals surface area contributed by atoms with E-state index in [2.05, 4.69) is 69.0 Å². The van der Waals surface area contributed by atoms with E-state index in [1.54, 1.807) is 0 Å². The fraction of sp³-hybridized carbons (Fsp3) is 0.429. The van der Waals surface area contributed by atoms with Crippen molar-refractivity contribution in [3.63, 3.8) is 0 Å². The molecule has 0 bridgehead atoms. The Morgan fingerprint density at radius 2 is 1.26 bits per heavy atom. The summed E-state index contributed by atoms with van der Waals surface area (Å²) in [4.78, 5) is 2.53. The van der Waals surface area contributed by atoms with Crippen LogP contribution in [0.1, 0.15) is 57.7 Å². The average Bonchev–Trinajstić information content (AvgIpc) is 2.62. The molecule has 0 saturated carbocycles. The summed E-state index contributed by atoms with van der Waals surface area (Å²) in [5.74, 6) is 0. The number of nitrogens with two attached hydrogens (primary N) is 1. The van der Waals surface area contributed by atoms with Gasteiger partial charge in [-0.1, -0.05) is 56.3 Å². The van der Waals surface area contributed by atoms with Crippen LogP contribution >= 0.6 is 0 Å². The lowest BCUT2D eigenvalue weighted by Crippen LogP contribution is -2.39. The fourth-order valence-electron chi connectivity index (χ4n) is 3.04. The second-order valence-electron chi connectivity index (χ2n) is 6.40. The Labute approximate surface area is 141 Å². The highest BCUT2D eigenvalue weighted by Gasteiger charge is 2.18. The number of hydrogen-bond donors (Lipinski definition) is 1. The first-order valence-electron chi connectivity index (χ1n) is 8.77. The Kier molecular flexibility index (Phi) is 6.23. The van der Waals surface area contributed by atoms with Gasteiger partial charge in [-0.05, 0) is 49.9 Å². The van der Waals surface area contributed by atoms with Gasteiger partial charge in [0.25, 0.3) is 0 Å². The molecular weight excluding hydrogens is 280 g/mol. The summed E-state index contributed by atoms with van der Waals surface area (Å²) in [6.07, 6.45) is 2.30. The highest BCUT2D eigenvalue weighted by atomic mass is 15.2. The van der Waals surface area contributed by atoms with E-state index in [4.69, 9.17) is 5.73 Å². The van der Waals surface area contributed by atoms with Crippen molar-refractivity contribution in [1.29, 1.82) is 0 Å². The van der Waals surface area contributed by atoms with Crippen molar-refractivity contribution in [2.24, 2.45) is 5.73 Å². The predicted octanol–water partition coefficient (Wildman–Crippen LogP) is 5.14. The predicted molar refractivity (Wildman–Crippen MR) is 101 cm³/mol. The van der Waals surface area contributed by atoms with Gasteiger partial charge in [-0.2, -0.15) is 0 Å². The quantitative estimate of drug-likeness (QED) is 0.767. The maximum atomic E-state index is 6.40. The van der Waals surface area contributed by atoms with Crippen molar-refractivity contribution in [3.05, 3.63) is 65.7 Å². The zero-order valence-corrected chi connectivity index (χ0v) is 14.9. The van der Waals surface area contributed by atoms with Gasteiger partial charge in [-0.15, -0.1) is 0 Å². The van der Waals surface area contributed by atoms with Gasteiger partial charge in [0.15, 0.2) is 0 Å². The molecule has 2 N–H and O–H groups in total. The molecule has 0 radical (unpaired) electrons. The number of anilines is 1. The van der Waals surface area contributed by atoms with Crippen LogP contribution < -0.4 is 10.6 Å². The van der Waals surface area contributed by atoms with Crippen molar-refractivity contribution >= 4 is 5.69 Å². The molecule has 0 spiro atoms. The highest BCUT2D eigenvalue weighted by molar-refractivity contribution is 5.50. The largest absolute Gasteiger partial charge is 0.366 e.